The summed E-state index contributed by atoms with van der Waals surface area (Å²) >= 11 is 0. The van der Waals surface area contributed by atoms with Crippen molar-refractivity contribution in [3.63, 3.8) is 0 Å². The van der Waals surface area contributed by atoms with E-state index in [0.717, 1.165) is 6.42 Å². The van der Waals surface area contributed by atoms with Gasteiger partial charge < -0.3 is 0 Å². The molecular formula is C17H22. The molecule has 0 amide bonds. The van der Waals surface area contributed by atoms with Crippen LogP contribution in [-0.4, -0.2) is 0 Å². The molecule has 1 aliphatic carbocycles. The number of allylic oxidation sites excluding steroid dienone is 4. The van der Waals surface area contributed by atoms with E-state index in [1.54, 1.807) is 0 Å². The third kappa shape index (κ3) is 1.97. The summed E-state index contributed by atoms with van der Waals surface area (Å²) in [7, 11) is 0. The third-order valence-electron chi connectivity index (χ3n) is 4.31. The number of benzene rings is 1. The van der Waals surface area contributed by atoms with E-state index in [4.69, 9.17) is 0 Å². The SMILES string of the molecule is CCc1ccc(C2=C(C)C(C)=C(C)C2C)cc1. The molecule has 17 heavy (non-hydrogen) atoms. The summed E-state index contributed by atoms with van der Waals surface area (Å²) in [5, 5.41) is 0. The zero-order chi connectivity index (χ0) is 12.6. The van der Waals surface area contributed by atoms with E-state index in [0.29, 0.717) is 5.92 Å². The summed E-state index contributed by atoms with van der Waals surface area (Å²) in [6.07, 6.45) is 1.12. The van der Waals surface area contributed by atoms with Gasteiger partial charge in [0.05, 0.1) is 0 Å². The van der Waals surface area contributed by atoms with Crippen molar-refractivity contribution in [3.8, 4) is 0 Å². The molecular weight excluding hydrogens is 204 g/mol. The Labute approximate surface area is 105 Å². The first-order valence-corrected chi connectivity index (χ1v) is 6.54. The van der Waals surface area contributed by atoms with E-state index in [-0.39, 0.29) is 0 Å². The Morgan fingerprint density at radius 1 is 0.941 bits per heavy atom. The molecule has 0 spiro atoms. The van der Waals surface area contributed by atoms with Crippen LogP contribution in [0.15, 0.2) is 41.0 Å². The Hall–Kier alpha value is -1.30. The van der Waals surface area contributed by atoms with Crippen molar-refractivity contribution in [3.05, 3.63) is 52.1 Å². The Morgan fingerprint density at radius 2 is 1.53 bits per heavy atom. The maximum atomic E-state index is 2.32. The monoisotopic (exact) mass is 226 g/mol. The van der Waals surface area contributed by atoms with Gasteiger partial charge >= 0.3 is 0 Å². The molecule has 1 aliphatic rings. The lowest BCUT2D eigenvalue weighted by Crippen LogP contribution is -1.97. The predicted molar refractivity (Wildman–Crippen MR) is 76.0 cm³/mol. The smallest absolute Gasteiger partial charge is 0.00315 e. The molecule has 1 atom stereocenters. The van der Waals surface area contributed by atoms with Gasteiger partial charge in [0.2, 0.25) is 0 Å². The molecule has 90 valence electrons. The average molecular weight is 226 g/mol. The number of hydrogen-bond donors (Lipinski definition) is 0. The quantitative estimate of drug-likeness (QED) is 0.665. The summed E-state index contributed by atoms with van der Waals surface area (Å²) in [5.74, 6) is 0.572. The minimum absolute atomic E-state index is 0.572. The summed E-state index contributed by atoms with van der Waals surface area (Å²) in [6, 6.07) is 9.07. The van der Waals surface area contributed by atoms with E-state index >= 15 is 0 Å². The van der Waals surface area contributed by atoms with Gasteiger partial charge in [-0.05, 0) is 55.0 Å². The first-order valence-electron chi connectivity index (χ1n) is 6.54. The lowest BCUT2D eigenvalue weighted by atomic mass is 9.91. The second kappa shape index (κ2) is 4.52. The highest BCUT2D eigenvalue weighted by atomic mass is 14.3. The Balaban J connectivity index is 2.42. The zero-order valence-electron chi connectivity index (χ0n) is 11.6. The maximum absolute atomic E-state index is 2.32. The fourth-order valence-corrected chi connectivity index (χ4v) is 2.75. The van der Waals surface area contributed by atoms with Gasteiger partial charge in [-0.25, -0.2) is 0 Å². The van der Waals surface area contributed by atoms with Crippen LogP contribution in [0.25, 0.3) is 5.57 Å². The van der Waals surface area contributed by atoms with Gasteiger partial charge in [0, 0.05) is 5.92 Å². The highest BCUT2D eigenvalue weighted by molar-refractivity contribution is 5.79. The molecule has 0 heteroatoms. The van der Waals surface area contributed by atoms with Crippen molar-refractivity contribution in [2.24, 2.45) is 5.92 Å². The van der Waals surface area contributed by atoms with Crippen molar-refractivity contribution >= 4 is 5.57 Å². The molecule has 1 unspecified atom stereocenters. The molecule has 0 aromatic heterocycles. The lowest BCUT2D eigenvalue weighted by molar-refractivity contribution is 0.895. The molecule has 2 rings (SSSR count). The second-order valence-corrected chi connectivity index (χ2v) is 5.12. The van der Waals surface area contributed by atoms with Crippen LogP contribution in [0, 0.1) is 5.92 Å². The summed E-state index contributed by atoms with van der Waals surface area (Å²) in [6.45, 7) is 11.3. The molecule has 0 aliphatic heterocycles. The van der Waals surface area contributed by atoms with Gasteiger partial charge in [0.25, 0.3) is 0 Å². The standard InChI is InChI=1S/C17H22/c1-6-15-7-9-16(10-8-15)17-13(4)11(2)12(3)14(17)5/h7-10,13H,6H2,1-5H3. The molecule has 0 saturated carbocycles. The topological polar surface area (TPSA) is 0 Å². The van der Waals surface area contributed by atoms with Crippen LogP contribution >= 0.6 is 0 Å². The van der Waals surface area contributed by atoms with Crippen LogP contribution in [0.5, 0.6) is 0 Å². The zero-order valence-corrected chi connectivity index (χ0v) is 11.6. The minimum atomic E-state index is 0.572. The second-order valence-electron chi connectivity index (χ2n) is 5.12. The number of hydrogen-bond acceptors (Lipinski definition) is 0. The van der Waals surface area contributed by atoms with Crippen molar-refractivity contribution in [1.82, 2.24) is 0 Å². The van der Waals surface area contributed by atoms with E-state index in [1.165, 1.54) is 33.4 Å². The largest absolute Gasteiger partial charge is 0.0629 e. The summed E-state index contributed by atoms with van der Waals surface area (Å²) in [4.78, 5) is 0. The molecule has 0 N–H and O–H groups in total. The van der Waals surface area contributed by atoms with Crippen LogP contribution in [0.4, 0.5) is 0 Å². The Morgan fingerprint density at radius 3 is 1.94 bits per heavy atom. The first-order chi connectivity index (χ1) is 8.06. The van der Waals surface area contributed by atoms with Gasteiger partial charge in [0.15, 0.2) is 0 Å². The van der Waals surface area contributed by atoms with E-state index < -0.39 is 0 Å². The van der Waals surface area contributed by atoms with Crippen LogP contribution in [0.3, 0.4) is 0 Å². The van der Waals surface area contributed by atoms with E-state index in [2.05, 4.69) is 58.9 Å². The fourth-order valence-electron chi connectivity index (χ4n) is 2.75. The van der Waals surface area contributed by atoms with Gasteiger partial charge in [-0.3, -0.25) is 0 Å². The van der Waals surface area contributed by atoms with Gasteiger partial charge in [-0.1, -0.05) is 43.7 Å². The number of aryl methyl sites for hydroxylation is 1. The molecule has 0 heterocycles. The normalized spacial score (nSPS) is 20.4. The summed E-state index contributed by atoms with van der Waals surface area (Å²) in [5.41, 5.74) is 8.80. The average Bonchev–Trinajstić information content (AvgIpc) is 2.54. The van der Waals surface area contributed by atoms with Crippen molar-refractivity contribution in [2.45, 2.75) is 41.0 Å². The van der Waals surface area contributed by atoms with Crippen molar-refractivity contribution in [2.75, 3.05) is 0 Å². The highest BCUT2D eigenvalue weighted by Gasteiger charge is 2.24. The molecule has 0 radical (unpaired) electrons. The van der Waals surface area contributed by atoms with Crippen LogP contribution in [0.1, 0.15) is 45.7 Å². The van der Waals surface area contributed by atoms with Gasteiger partial charge in [-0.2, -0.15) is 0 Å². The predicted octanol–water partition coefficient (Wildman–Crippen LogP) is 5.01. The highest BCUT2D eigenvalue weighted by Crippen LogP contribution is 2.42. The van der Waals surface area contributed by atoms with Crippen molar-refractivity contribution < 1.29 is 0 Å². The van der Waals surface area contributed by atoms with Crippen LogP contribution in [0.2, 0.25) is 0 Å². The van der Waals surface area contributed by atoms with Crippen molar-refractivity contribution in [1.29, 1.82) is 0 Å². The van der Waals surface area contributed by atoms with Crippen LogP contribution in [-0.2, 0) is 6.42 Å². The lowest BCUT2D eigenvalue weighted by Gasteiger charge is -2.13. The first kappa shape index (κ1) is 12.2. The van der Waals surface area contributed by atoms with E-state index in [1.807, 2.05) is 0 Å². The molecule has 1 aromatic rings. The molecule has 0 nitrogen and oxygen atoms in total. The minimum Gasteiger partial charge on any atom is -0.0629 e. The molecule has 0 bridgehead atoms. The molecule has 0 saturated heterocycles. The Bertz CT molecular complexity index is 483. The van der Waals surface area contributed by atoms with Crippen LogP contribution < -0.4 is 0 Å². The summed E-state index contributed by atoms with van der Waals surface area (Å²) < 4.78 is 0. The van der Waals surface area contributed by atoms with Gasteiger partial charge in [0.1, 0.15) is 0 Å². The molecule has 1 aromatic carbocycles. The van der Waals surface area contributed by atoms with E-state index in [9.17, 15) is 0 Å². The number of rotatable bonds is 2. The maximum Gasteiger partial charge on any atom is 0.00315 e. The third-order valence-corrected chi connectivity index (χ3v) is 4.31. The Kier molecular flexibility index (Phi) is 3.24. The molecule has 0 fully saturated rings. The van der Waals surface area contributed by atoms with Gasteiger partial charge in [-0.15, -0.1) is 0 Å². The fraction of sp³-hybridized carbons (Fsp3) is 0.412.